The van der Waals surface area contributed by atoms with E-state index in [0.29, 0.717) is 12.2 Å². The van der Waals surface area contributed by atoms with E-state index in [1.165, 1.54) is 74.6 Å². The number of fused-ring (bicyclic) bond motifs is 1. The van der Waals surface area contributed by atoms with Crippen molar-refractivity contribution in [1.29, 1.82) is 0 Å². The monoisotopic (exact) mass is 452 g/mol. The fraction of sp³-hybridized carbons (Fsp3) is 0.400. The molecule has 33 heavy (non-hydrogen) atoms. The lowest BCUT2D eigenvalue weighted by Gasteiger charge is -2.14. The minimum Gasteiger partial charge on any atom is -0.462 e. The molecule has 0 saturated heterocycles. The molecular weight excluding hydrogens is 424 g/mol. The van der Waals surface area contributed by atoms with Gasteiger partial charge in [0.15, 0.2) is 0 Å². The number of amides is 2. The molecule has 2 aromatic carbocycles. The average molecular weight is 453 g/mol. The van der Waals surface area contributed by atoms with Gasteiger partial charge < -0.3 is 4.74 Å². The first-order valence-corrected chi connectivity index (χ1v) is 11.4. The summed E-state index contributed by atoms with van der Waals surface area (Å²) in [5.41, 5.74) is -0.102. The lowest BCUT2D eigenvalue weighted by Crippen LogP contribution is -2.29. The molecule has 0 aromatic heterocycles. The highest BCUT2D eigenvalue weighted by molar-refractivity contribution is 6.35. The molecule has 0 aliphatic carbocycles. The van der Waals surface area contributed by atoms with E-state index in [1.54, 1.807) is 0 Å². The maximum Gasteiger partial charge on any atom is 0.338 e. The highest BCUT2D eigenvalue weighted by Crippen LogP contribution is 2.33. The van der Waals surface area contributed by atoms with E-state index < -0.39 is 28.4 Å². The molecule has 0 fully saturated rings. The van der Waals surface area contributed by atoms with Crippen molar-refractivity contribution in [3.05, 3.63) is 69.3 Å². The Hall–Kier alpha value is -3.55. The molecule has 1 aliphatic rings. The van der Waals surface area contributed by atoms with E-state index in [4.69, 9.17) is 4.74 Å². The first kappa shape index (κ1) is 24.1. The van der Waals surface area contributed by atoms with Gasteiger partial charge in [0.1, 0.15) is 5.56 Å². The molecule has 2 amide bonds. The van der Waals surface area contributed by atoms with Crippen LogP contribution in [0.5, 0.6) is 0 Å². The van der Waals surface area contributed by atoms with Gasteiger partial charge in [-0.25, -0.2) is 9.69 Å². The van der Waals surface area contributed by atoms with Gasteiger partial charge in [-0.15, -0.1) is 0 Å². The molecule has 0 atom stereocenters. The SMILES string of the molecule is CCCCCCCCCCOC(=O)c1ccc(N2C(=O)c3cccc([N+](=O)[O-])c3C2=O)cc1. The van der Waals surface area contributed by atoms with Crippen molar-refractivity contribution in [3.8, 4) is 0 Å². The maximum atomic E-state index is 12.8. The fourth-order valence-corrected chi connectivity index (χ4v) is 3.88. The van der Waals surface area contributed by atoms with Crippen molar-refractivity contribution in [2.45, 2.75) is 58.3 Å². The summed E-state index contributed by atoms with van der Waals surface area (Å²) in [5, 5.41) is 11.2. The molecule has 0 N–H and O–H groups in total. The molecule has 1 heterocycles. The summed E-state index contributed by atoms with van der Waals surface area (Å²) in [6.45, 7) is 2.54. The van der Waals surface area contributed by atoms with Crippen LogP contribution in [0.1, 0.15) is 89.4 Å². The van der Waals surface area contributed by atoms with Crippen LogP contribution in [0.15, 0.2) is 42.5 Å². The summed E-state index contributed by atoms with van der Waals surface area (Å²) in [6.07, 6.45) is 9.21. The minimum absolute atomic E-state index is 0.0111. The number of rotatable bonds is 12. The molecule has 0 radical (unpaired) electrons. The Morgan fingerprint density at radius 1 is 0.909 bits per heavy atom. The number of imide groups is 1. The Morgan fingerprint density at radius 3 is 2.18 bits per heavy atom. The van der Waals surface area contributed by atoms with Gasteiger partial charge in [-0.05, 0) is 36.8 Å². The Labute approximate surface area is 192 Å². The standard InChI is InChI=1S/C25H28N2O6/c1-2-3-4-5-6-7-8-9-17-33-25(30)18-13-15-19(16-14-18)26-23(28)20-11-10-12-21(27(31)32)22(20)24(26)29/h10-16H,2-9,17H2,1H3. The van der Waals surface area contributed by atoms with Crippen LogP contribution in [0.2, 0.25) is 0 Å². The van der Waals surface area contributed by atoms with Gasteiger partial charge in [-0.2, -0.15) is 0 Å². The highest BCUT2D eigenvalue weighted by atomic mass is 16.6. The van der Waals surface area contributed by atoms with Gasteiger partial charge in [0, 0.05) is 6.07 Å². The van der Waals surface area contributed by atoms with Gasteiger partial charge in [-0.3, -0.25) is 19.7 Å². The number of nitro groups is 1. The zero-order valence-electron chi connectivity index (χ0n) is 18.7. The number of unbranched alkanes of at least 4 members (excludes halogenated alkanes) is 7. The number of nitrogens with zero attached hydrogens (tertiary/aromatic N) is 2. The largest absolute Gasteiger partial charge is 0.462 e. The fourth-order valence-electron chi connectivity index (χ4n) is 3.88. The quantitative estimate of drug-likeness (QED) is 0.135. The van der Waals surface area contributed by atoms with Crippen molar-refractivity contribution < 1.29 is 24.0 Å². The van der Waals surface area contributed by atoms with Gasteiger partial charge in [0.2, 0.25) is 0 Å². The molecule has 0 bridgehead atoms. The van der Waals surface area contributed by atoms with E-state index in [0.717, 1.165) is 24.2 Å². The van der Waals surface area contributed by atoms with Crippen LogP contribution >= 0.6 is 0 Å². The summed E-state index contributed by atoms with van der Waals surface area (Å²) >= 11 is 0. The van der Waals surface area contributed by atoms with E-state index in [9.17, 15) is 24.5 Å². The molecule has 0 spiro atoms. The van der Waals surface area contributed by atoms with Crippen molar-refractivity contribution in [3.63, 3.8) is 0 Å². The third kappa shape index (κ3) is 5.63. The molecule has 0 saturated carbocycles. The van der Waals surface area contributed by atoms with E-state index >= 15 is 0 Å². The predicted molar refractivity (Wildman–Crippen MR) is 124 cm³/mol. The Balaban J connectivity index is 1.54. The van der Waals surface area contributed by atoms with Crippen LogP contribution < -0.4 is 4.90 Å². The number of hydrogen-bond acceptors (Lipinski definition) is 6. The molecule has 0 unspecified atom stereocenters. The number of esters is 1. The van der Waals surface area contributed by atoms with Crippen LogP contribution in [0.25, 0.3) is 0 Å². The summed E-state index contributed by atoms with van der Waals surface area (Å²) < 4.78 is 5.31. The minimum atomic E-state index is -0.757. The van der Waals surface area contributed by atoms with Crippen LogP contribution in [0, 0.1) is 10.1 Å². The molecule has 1 aliphatic heterocycles. The molecule has 2 aromatic rings. The Kier molecular flexibility index (Phi) is 8.29. The van der Waals surface area contributed by atoms with Gasteiger partial charge in [0.25, 0.3) is 17.5 Å². The summed E-state index contributed by atoms with van der Waals surface area (Å²) in [7, 11) is 0. The third-order valence-corrected chi connectivity index (χ3v) is 5.68. The van der Waals surface area contributed by atoms with Crippen LogP contribution in [-0.2, 0) is 4.74 Å². The van der Waals surface area contributed by atoms with E-state index in [-0.39, 0.29) is 16.8 Å². The Morgan fingerprint density at radius 2 is 1.55 bits per heavy atom. The van der Waals surface area contributed by atoms with Crippen LogP contribution in [0.3, 0.4) is 0 Å². The smallest absolute Gasteiger partial charge is 0.338 e. The number of anilines is 1. The van der Waals surface area contributed by atoms with Gasteiger partial charge >= 0.3 is 5.97 Å². The zero-order valence-corrected chi connectivity index (χ0v) is 18.7. The predicted octanol–water partition coefficient (Wildman–Crippen LogP) is 5.69. The summed E-state index contributed by atoms with van der Waals surface area (Å²) in [5.74, 6) is -1.86. The number of ether oxygens (including phenoxy) is 1. The van der Waals surface area contributed by atoms with E-state index in [2.05, 4.69) is 6.92 Å². The van der Waals surface area contributed by atoms with Crippen LogP contribution in [0.4, 0.5) is 11.4 Å². The van der Waals surface area contributed by atoms with Crippen molar-refractivity contribution in [2.24, 2.45) is 0 Å². The highest BCUT2D eigenvalue weighted by Gasteiger charge is 2.41. The first-order valence-electron chi connectivity index (χ1n) is 11.4. The lowest BCUT2D eigenvalue weighted by molar-refractivity contribution is -0.385. The molecule has 8 nitrogen and oxygen atoms in total. The van der Waals surface area contributed by atoms with Gasteiger partial charge in [-0.1, -0.05) is 57.9 Å². The zero-order chi connectivity index (χ0) is 23.8. The summed E-state index contributed by atoms with van der Waals surface area (Å²) in [6, 6.07) is 9.82. The number of hydrogen-bond donors (Lipinski definition) is 0. The second-order valence-corrected chi connectivity index (χ2v) is 8.06. The number of carbonyl (C=O) groups is 3. The number of benzene rings is 2. The van der Waals surface area contributed by atoms with E-state index in [1.807, 2.05) is 0 Å². The number of carbonyl (C=O) groups excluding carboxylic acids is 3. The average Bonchev–Trinajstić information content (AvgIpc) is 3.08. The third-order valence-electron chi connectivity index (χ3n) is 5.68. The van der Waals surface area contributed by atoms with Crippen molar-refractivity contribution >= 4 is 29.2 Å². The topological polar surface area (TPSA) is 107 Å². The second kappa shape index (κ2) is 11.4. The molecular formula is C25H28N2O6. The van der Waals surface area contributed by atoms with Crippen molar-refractivity contribution in [2.75, 3.05) is 11.5 Å². The summed E-state index contributed by atoms with van der Waals surface area (Å²) in [4.78, 5) is 49.2. The first-order chi connectivity index (χ1) is 16.0. The number of nitro benzene ring substituents is 1. The van der Waals surface area contributed by atoms with Gasteiger partial charge in [0.05, 0.1) is 28.3 Å². The molecule has 8 heteroatoms. The van der Waals surface area contributed by atoms with Crippen molar-refractivity contribution in [1.82, 2.24) is 0 Å². The van der Waals surface area contributed by atoms with Crippen LogP contribution in [-0.4, -0.2) is 29.3 Å². The second-order valence-electron chi connectivity index (χ2n) is 8.06. The Bertz CT molecular complexity index is 1030. The lowest BCUT2D eigenvalue weighted by atomic mass is 10.1. The normalized spacial score (nSPS) is 12.7. The molecule has 174 valence electrons. The maximum absolute atomic E-state index is 12.8. The molecule has 3 rings (SSSR count).